The summed E-state index contributed by atoms with van der Waals surface area (Å²) in [5.41, 5.74) is 10.2. The lowest BCUT2D eigenvalue weighted by Gasteiger charge is -2.35. The van der Waals surface area contributed by atoms with E-state index in [-0.39, 0.29) is 5.41 Å². The topological polar surface area (TPSA) is 62.5 Å². The number of hydrogen-bond acceptors (Lipinski definition) is 5. The van der Waals surface area contributed by atoms with Gasteiger partial charge in [0.1, 0.15) is 6.07 Å². The van der Waals surface area contributed by atoms with Gasteiger partial charge in [0.2, 0.25) is 0 Å². The van der Waals surface area contributed by atoms with Gasteiger partial charge in [0.25, 0.3) is 0 Å². The van der Waals surface area contributed by atoms with Gasteiger partial charge in [-0.05, 0) is 57.6 Å². The van der Waals surface area contributed by atoms with Gasteiger partial charge >= 0.3 is 0 Å². The fourth-order valence-corrected chi connectivity index (χ4v) is 7.94. The predicted molar refractivity (Wildman–Crippen MR) is 194 cm³/mol. The Hall–Kier alpha value is -5.83. The van der Waals surface area contributed by atoms with E-state index in [0.717, 1.165) is 49.4 Å². The van der Waals surface area contributed by atoms with Crippen molar-refractivity contribution in [2.45, 2.75) is 29.1 Å². The molecule has 0 bridgehead atoms. The van der Waals surface area contributed by atoms with E-state index in [1.165, 1.54) is 16.0 Å². The molecule has 0 amide bonds. The van der Waals surface area contributed by atoms with E-state index >= 15 is 0 Å². The van der Waals surface area contributed by atoms with Crippen LogP contribution in [0.25, 0.3) is 56.4 Å². The molecule has 6 aromatic carbocycles. The van der Waals surface area contributed by atoms with E-state index in [4.69, 9.17) is 15.0 Å². The van der Waals surface area contributed by atoms with E-state index in [2.05, 4.69) is 105 Å². The first kappa shape index (κ1) is 29.6. The Morgan fingerprint density at radius 2 is 0.979 bits per heavy atom. The molecule has 0 unspecified atom stereocenters. The maximum Gasteiger partial charge on any atom is 0.164 e. The van der Waals surface area contributed by atoms with Crippen LogP contribution in [0.4, 0.5) is 0 Å². The first-order valence-electron chi connectivity index (χ1n) is 15.9. The zero-order valence-electron chi connectivity index (χ0n) is 26.6. The van der Waals surface area contributed by atoms with E-state index in [1.807, 2.05) is 60.7 Å². The fourth-order valence-electron chi connectivity index (χ4n) is 6.44. The number of aromatic nitrogens is 3. The van der Waals surface area contributed by atoms with Gasteiger partial charge in [-0.25, -0.2) is 15.0 Å². The van der Waals surface area contributed by atoms with Crippen molar-refractivity contribution in [3.8, 4) is 62.5 Å². The minimum Gasteiger partial charge on any atom is -0.208 e. The van der Waals surface area contributed by atoms with Crippen LogP contribution in [0.5, 0.6) is 0 Å². The quantitative estimate of drug-likeness (QED) is 0.188. The Labute approximate surface area is 284 Å². The molecule has 0 atom stereocenters. The first-order valence-corrected chi connectivity index (χ1v) is 16.7. The van der Waals surface area contributed by atoms with Crippen molar-refractivity contribution in [1.82, 2.24) is 15.0 Å². The van der Waals surface area contributed by atoms with Crippen LogP contribution in [-0.2, 0) is 5.41 Å². The Kier molecular flexibility index (Phi) is 7.44. The molecule has 1 aliphatic heterocycles. The monoisotopic (exact) mass is 634 g/mol. The van der Waals surface area contributed by atoms with Gasteiger partial charge < -0.3 is 0 Å². The molecule has 48 heavy (non-hydrogen) atoms. The summed E-state index contributed by atoms with van der Waals surface area (Å²) in [6.07, 6.45) is 0. The molecular formula is C43H30N4S. The van der Waals surface area contributed by atoms with Crippen molar-refractivity contribution in [1.29, 1.82) is 5.26 Å². The maximum atomic E-state index is 9.85. The summed E-state index contributed by atoms with van der Waals surface area (Å²) in [6, 6.07) is 52.3. The molecule has 2 heterocycles. The number of rotatable bonds is 5. The summed E-state index contributed by atoms with van der Waals surface area (Å²) in [4.78, 5) is 17.2. The van der Waals surface area contributed by atoms with Gasteiger partial charge in [-0.2, -0.15) is 5.26 Å². The van der Waals surface area contributed by atoms with E-state index in [9.17, 15) is 5.26 Å². The molecule has 0 saturated carbocycles. The Bertz CT molecular complexity index is 2360. The molecular weight excluding hydrogens is 605 g/mol. The van der Waals surface area contributed by atoms with Gasteiger partial charge in [-0.15, -0.1) is 0 Å². The molecule has 1 aromatic heterocycles. The zero-order chi connectivity index (χ0) is 32.7. The minimum atomic E-state index is -0.212. The maximum absolute atomic E-state index is 9.85. The first-order chi connectivity index (χ1) is 23.5. The van der Waals surface area contributed by atoms with Crippen LogP contribution in [-0.4, -0.2) is 15.0 Å². The second kappa shape index (κ2) is 12.1. The Morgan fingerprint density at radius 1 is 0.479 bits per heavy atom. The van der Waals surface area contributed by atoms with Crippen LogP contribution < -0.4 is 0 Å². The van der Waals surface area contributed by atoms with Crippen LogP contribution in [0.3, 0.4) is 0 Å². The largest absolute Gasteiger partial charge is 0.208 e. The van der Waals surface area contributed by atoms with Crippen LogP contribution in [0.15, 0.2) is 155 Å². The molecule has 8 rings (SSSR count). The van der Waals surface area contributed by atoms with Gasteiger partial charge in [-0.3, -0.25) is 0 Å². The highest BCUT2D eigenvalue weighted by atomic mass is 32.2. The van der Waals surface area contributed by atoms with Crippen LogP contribution in [0.2, 0.25) is 0 Å². The van der Waals surface area contributed by atoms with Crippen molar-refractivity contribution in [3.05, 3.63) is 162 Å². The molecule has 4 nitrogen and oxygen atoms in total. The standard InChI is InChI=1S/C43H30N4S/c1-43(2)36-23-22-32(26-38(36)48-39-35(27-44)20-11-21-37(39)43)31-17-10-19-34(25-31)42-46-40(29-14-7-4-8-15-29)45-41(47-42)33-18-9-16-30(24-33)28-12-5-3-6-13-28/h3-26H,1-2H3. The van der Waals surface area contributed by atoms with Crippen molar-refractivity contribution in [2.24, 2.45) is 0 Å². The van der Waals surface area contributed by atoms with Gasteiger partial charge in [0.05, 0.1) is 5.56 Å². The Balaban J connectivity index is 1.21. The second-order valence-corrected chi connectivity index (χ2v) is 13.5. The third-order valence-electron chi connectivity index (χ3n) is 9.03. The summed E-state index contributed by atoms with van der Waals surface area (Å²) in [6.45, 7) is 4.48. The van der Waals surface area contributed by atoms with Crippen molar-refractivity contribution in [2.75, 3.05) is 0 Å². The SMILES string of the molecule is CC1(C)c2ccc(-c3cccc(-c4nc(-c5ccccc5)nc(-c5cccc(-c6ccccc6)c5)n4)c3)cc2Sc2c(C#N)cccc21. The number of benzene rings is 6. The lowest BCUT2D eigenvalue weighted by molar-refractivity contribution is 0.607. The highest BCUT2D eigenvalue weighted by Gasteiger charge is 2.34. The molecule has 0 fully saturated rings. The van der Waals surface area contributed by atoms with Gasteiger partial charge in [0.15, 0.2) is 17.5 Å². The number of nitrogens with zero attached hydrogens (tertiary/aromatic N) is 4. The average molecular weight is 635 g/mol. The van der Waals surface area contributed by atoms with Gasteiger partial charge in [0, 0.05) is 31.9 Å². The molecule has 7 aromatic rings. The summed E-state index contributed by atoms with van der Waals surface area (Å²) in [5, 5.41) is 9.85. The van der Waals surface area contributed by atoms with E-state index in [0.29, 0.717) is 17.5 Å². The predicted octanol–water partition coefficient (Wildman–Crippen LogP) is 10.9. The zero-order valence-corrected chi connectivity index (χ0v) is 27.4. The second-order valence-electron chi connectivity index (χ2n) is 12.4. The molecule has 0 spiro atoms. The van der Waals surface area contributed by atoms with E-state index < -0.39 is 0 Å². The fraction of sp³-hybridized carbons (Fsp3) is 0.0698. The van der Waals surface area contributed by atoms with Gasteiger partial charge in [-0.1, -0.05) is 147 Å². The number of fused-ring (bicyclic) bond motifs is 2. The third kappa shape index (κ3) is 5.37. The average Bonchev–Trinajstić information content (AvgIpc) is 3.15. The lowest BCUT2D eigenvalue weighted by Crippen LogP contribution is -2.24. The summed E-state index contributed by atoms with van der Waals surface area (Å²) < 4.78 is 0. The van der Waals surface area contributed by atoms with Crippen LogP contribution in [0.1, 0.15) is 30.5 Å². The lowest BCUT2D eigenvalue weighted by atomic mass is 9.77. The molecule has 5 heteroatoms. The molecule has 0 radical (unpaired) electrons. The molecule has 0 aliphatic carbocycles. The van der Waals surface area contributed by atoms with Crippen molar-refractivity contribution < 1.29 is 0 Å². The molecule has 0 N–H and O–H groups in total. The van der Waals surface area contributed by atoms with E-state index in [1.54, 1.807) is 11.8 Å². The smallest absolute Gasteiger partial charge is 0.164 e. The normalized spacial score (nSPS) is 12.9. The molecule has 1 aliphatic rings. The summed E-state index contributed by atoms with van der Waals surface area (Å²) in [5.74, 6) is 1.87. The summed E-state index contributed by atoms with van der Waals surface area (Å²) in [7, 11) is 0. The third-order valence-corrected chi connectivity index (χ3v) is 10.2. The van der Waals surface area contributed by atoms with Crippen molar-refractivity contribution >= 4 is 11.8 Å². The minimum absolute atomic E-state index is 0.212. The molecule has 0 saturated heterocycles. The highest BCUT2D eigenvalue weighted by molar-refractivity contribution is 7.99. The summed E-state index contributed by atoms with van der Waals surface area (Å²) >= 11 is 1.69. The number of nitriles is 1. The highest BCUT2D eigenvalue weighted by Crippen LogP contribution is 2.51. The number of hydrogen-bond donors (Lipinski definition) is 0. The molecule has 228 valence electrons. The van der Waals surface area contributed by atoms with Crippen LogP contribution in [0, 0.1) is 11.3 Å². The van der Waals surface area contributed by atoms with Crippen molar-refractivity contribution in [3.63, 3.8) is 0 Å². The Morgan fingerprint density at radius 3 is 1.60 bits per heavy atom. The van der Waals surface area contributed by atoms with Crippen LogP contribution >= 0.6 is 11.8 Å².